The van der Waals surface area contributed by atoms with Gasteiger partial charge in [-0.25, -0.2) is 0 Å². The fourth-order valence-electron chi connectivity index (χ4n) is 3.51. The van der Waals surface area contributed by atoms with Crippen molar-refractivity contribution in [2.45, 2.75) is 19.8 Å². The second kappa shape index (κ2) is 6.59. The zero-order chi connectivity index (χ0) is 13.8. The van der Waals surface area contributed by atoms with E-state index < -0.39 is 0 Å². The molecule has 3 rings (SSSR count). The van der Waals surface area contributed by atoms with E-state index in [0.29, 0.717) is 0 Å². The standard InChI is InChI=1S/C17H27N3/c1-2-7-19-8-10-20(11-9-19)14-15-12-16-5-3-4-6-17(16)18-13-15/h3-6,15,18H,2,7-14H2,1H3. The van der Waals surface area contributed by atoms with Crippen molar-refractivity contribution in [3.63, 3.8) is 0 Å². The van der Waals surface area contributed by atoms with E-state index in [0.717, 1.165) is 12.5 Å². The molecule has 20 heavy (non-hydrogen) atoms. The molecule has 1 unspecified atom stereocenters. The van der Waals surface area contributed by atoms with Crippen LogP contribution in [0.15, 0.2) is 24.3 Å². The maximum atomic E-state index is 3.59. The first-order chi connectivity index (χ1) is 9.85. The molecule has 1 aromatic carbocycles. The van der Waals surface area contributed by atoms with Crippen LogP contribution in [0.4, 0.5) is 5.69 Å². The zero-order valence-electron chi connectivity index (χ0n) is 12.6. The van der Waals surface area contributed by atoms with Crippen molar-refractivity contribution < 1.29 is 0 Å². The Bertz CT molecular complexity index is 424. The molecule has 0 aliphatic carbocycles. The van der Waals surface area contributed by atoms with E-state index in [4.69, 9.17) is 0 Å². The topological polar surface area (TPSA) is 18.5 Å². The van der Waals surface area contributed by atoms with Crippen molar-refractivity contribution >= 4 is 5.69 Å². The van der Waals surface area contributed by atoms with Crippen molar-refractivity contribution in [2.75, 3.05) is 51.1 Å². The monoisotopic (exact) mass is 273 g/mol. The van der Waals surface area contributed by atoms with Gasteiger partial charge in [0.1, 0.15) is 0 Å². The number of fused-ring (bicyclic) bond motifs is 1. The van der Waals surface area contributed by atoms with Gasteiger partial charge < -0.3 is 15.1 Å². The minimum absolute atomic E-state index is 0.766. The number of benzene rings is 1. The van der Waals surface area contributed by atoms with Gasteiger partial charge >= 0.3 is 0 Å². The lowest BCUT2D eigenvalue weighted by atomic mass is 9.93. The van der Waals surface area contributed by atoms with Crippen LogP contribution in [0.1, 0.15) is 18.9 Å². The largest absolute Gasteiger partial charge is 0.384 e. The van der Waals surface area contributed by atoms with Crippen LogP contribution in [0.2, 0.25) is 0 Å². The lowest BCUT2D eigenvalue weighted by molar-refractivity contribution is 0.119. The van der Waals surface area contributed by atoms with E-state index in [9.17, 15) is 0 Å². The minimum Gasteiger partial charge on any atom is -0.384 e. The summed E-state index contributed by atoms with van der Waals surface area (Å²) in [5.74, 6) is 0.766. The molecule has 0 spiro atoms. The number of hydrogen-bond donors (Lipinski definition) is 1. The predicted octanol–water partition coefficient (Wildman–Crippen LogP) is 2.30. The molecule has 0 saturated carbocycles. The highest BCUT2D eigenvalue weighted by Gasteiger charge is 2.22. The smallest absolute Gasteiger partial charge is 0.0372 e. The molecule has 2 aliphatic rings. The average Bonchev–Trinajstić information content (AvgIpc) is 2.49. The Morgan fingerprint density at radius 1 is 1.10 bits per heavy atom. The van der Waals surface area contributed by atoms with Gasteiger partial charge in [-0.2, -0.15) is 0 Å². The SMILES string of the molecule is CCCN1CCN(CC2CNc3ccccc3C2)CC1. The Balaban J connectivity index is 1.48. The maximum Gasteiger partial charge on any atom is 0.0372 e. The van der Waals surface area contributed by atoms with Gasteiger partial charge in [0.15, 0.2) is 0 Å². The van der Waals surface area contributed by atoms with Crippen LogP contribution in [0.3, 0.4) is 0 Å². The Kier molecular flexibility index (Phi) is 4.58. The number of para-hydroxylation sites is 1. The molecule has 1 atom stereocenters. The molecule has 3 heteroatoms. The summed E-state index contributed by atoms with van der Waals surface area (Å²) in [5, 5.41) is 3.59. The zero-order valence-corrected chi connectivity index (χ0v) is 12.6. The molecule has 0 radical (unpaired) electrons. The highest BCUT2D eigenvalue weighted by Crippen LogP contribution is 2.24. The Labute approximate surface area is 123 Å². The molecule has 110 valence electrons. The molecule has 0 aromatic heterocycles. The molecular formula is C17H27N3. The highest BCUT2D eigenvalue weighted by atomic mass is 15.3. The van der Waals surface area contributed by atoms with Gasteiger partial charge in [-0.3, -0.25) is 0 Å². The summed E-state index contributed by atoms with van der Waals surface area (Å²) in [6, 6.07) is 8.76. The molecular weight excluding hydrogens is 246 g/mol. The lowest BCUT2D eigenvalue weighted by Crippen LogP contribution is -2.48. The van der Waals surface area contributed by atoms with Crippen LogP contribution in [0.5, 0.6) is 0 Å². The normalized spacial score (nSPS) is 24.1. The van der Waals surface area contributed by atoms with Gasteiger partial charge in [0.25, 0.3) is 0 Å². The van der Waals surface area contributed by atoms with Gasteiger partial charge in [-0.15, -0.1) is 0 Å². The van der Waals surface area contributed by atoms with E-state index in [2.05, 4.69) is 46.3 Å². The van der Waals surface area contributed by atoms with Crippen LogP contribution in [-0.4, -0.2) is 55.6 Å². The van der Waals surface area contributed by atoms with E-state index in [1.165, 1.54) is 63.4 Å². The van der Waals surface area contributed by atoms with E-state index in [1.807, 2.05) is 0 Å². The number of hydrogen-bond acceptors (Lipinski definition) is 3. The first-order valence-corrected chi connectivity index (χ1v) is 8.11. The van der Waals surface area contributed by atoms with Crippen molar-refractivity contribution in [3.8, 4) is 0 Å². The van der Waals surface area contributed by atoms with Crippen molar-refractivity contribution in [3.05, 3.63) is 29.8 Å². The van der Waals surface area contributed by atoms with E-state index in [1.54, 1.807) is 0 Å². The second-order valence-corrected chi connectivity index (χ2v) is 6.25. The minimum atomic E-state index is 0.766. The maximum absolute atomic E-state index is 3.59. The molecule has 1 N–H and O–H groups in total. The third-order valence-corrected chi connectivity index (χ3v) is 4.63. The number of anilines is 1. The fraction of sp³-hybridized carbons (Fsp3) is 0.647. The predicted molar refractivity (Wildman–Crippen MR) is 85.3 cm³/mol. The quantitative estimate of drug-likeness (QED) is 0.908. The third kappa shape index (κ3) is 3.33. The summed E-state index contributed by atoms with van der Waals surface area (Å²) in [6.45, 7) is 10.9. The second-order valence-electron chi connectivity index (χ2n) is 6.25. The molecule has 2 aliphatic heterocycles. The molecule has 2 heterocycles. The van der Waals surface area contributed by atoms with Gasteiger partial charge in [0.05, 0.1) is 0 Å². The summed E-state index contributed by atoms with van der Waals surface area (Å²) in [7, 11) is 0. The highest BCUT2D eigenvalue weighted by molar-refractivity contribution is 5.53. The number of piperazine rings is 1. The summed E-state index contributed by atoms with van der Waals surface area (Å²) in [5.41, 5.74) is 2.84. The van der Waals surface area contributed by atoms with Gasteiger partial charge in [-0.1, -0.05) is 25.1 Å². The van der Waals surface area contributed by atoms with Crippen LogP contribution in [-0.2, 0) is 6.42 Å². The molecule has 3 nitrogen and oxygen atoms in total. The molecule has 0 bridgehead atoms. The van der Waals surface area contributed by atoms with Gasteiger partial charge in [0, 0.05) is 45.0 Å². The molecule has 1 saturated heterocycles. The Hall–Kier alpha value is -1.06. The number of nitrogens with one attached hydrogen (secondary N) is 1. The summed E-state index contributed by atoms with van der Waals surface area (Å²) >= 11 is 0. The van der Waals surface area contributed by atoms with Gasteiger partial charge in [0.2, 0.25) is 0 Å². The van der Waals surface area contributed by atoms with Crippen molar-refractivity contribution in [2.24, 2.45) is 5.92 Å². The van der Waals surface area contributed by atoms with Crippen LogP contribution >= 0.6 is 0 Å². The number of rotatable bonds is 4. The molecule has 1 fully saturated rings. The Morgan fingerprint density at radius 2 is 1.85 bits per heavy atom. The van der Waals surface area contributed by atoms with Crippen LogP contribution in [0.25, 0.3) is 0 Å². The first kappa shape index (κ1) is 13.9. The number of nitrogens with zero attached hydrogens (tertiary/aromatic N) is 2. The average molecular weight is 273 g/mol. The molecule has 0 amide bonds. The van der Waals surface area contributed by atoms with Gasteiger partial charge in [-0.05, 0) is 36.9 Å². The van der Waals surface area contributed by atoms with Crippen LogP contribution in [0, 0.1) is 5.92 Å². The van der Waals surface area contributed by atoms with E-state index in [-0.39, 0.29) is 0 Å². The first-order valence-electron chi connectivity index (χ1n) is 8.11. The Morgan fingerprint density at radius 3 is 2.65 bits per heavy atom. The van der Waals surface area contributed by atoms with E-state index >= 15 is 0 Å². The van der Waals surface area contributed by atoms with Crippen molar-refractivity contribution in [1.29, 1.82) is 0 Å². The summed E-state index contributed by atoms with van der Waals surface area (Å²) < 4.78 is 0. The fourth-order valence-corrected chi connectivity index (χ4v) is 3.51. The lowest BCUT2D eigenvalue weighted by Gasteiger charge is -2.37. The summed E-state index contributed by atoms with van der Waals surface area (Å²) in [4.78, 5) is 5.26. The van der Waals surface area contributed by atoms with Crippen LogP contribution < -0.4 is 5.32 Å². The third-order valence-electron chi connectivity index (χ3n) is 4.63. The van der Waals surface area contributed by atoms with Crippen molar-refractivity contribution in [1.82, 2.24) is 9.80 Å². The molecule has 1 aromatic rings. The summed E-state index contributed by atoms with van der Waals surface area (Å²) in [6.07, 6.45) is 2.52.